The number of hydrogen-bond donors (Lipinski definition) is 0. The Labute approximate surface area is 297 Å². The molecular formula is C48H32N2Si. The second kappa shape index (κ2) is 10.8. The van der Waals surface area contributed by atoms with Gasteiger partial charge in [0.05, 0.1) is 22.1 Å². The first-order chi connectivity index (χ1) is 25.3. The van der Waals surface area contributed by atoms with Crippen molar-refractivity contribution in [3.05, 3.63) is 194 Å². The molecule has 0 bridgehead atoms. The number of fused-ring (bicyclic) bond motifs is 9. The summed E-state index contributed by atoms with van der Waals surface area (Å²) in [5.74, 6) is 0. The van der Waals surface area contributed by atoms with Gasteiger partial charge in [-0.2, -0.15) is 0 Å². The topological polar surface area (TPSA) is 9.86 Å². The second-order valence-corrected chi connectivity index (χ2v) is 17.4. The summed E-state index contributed by atoms with van der Waals surface area (Å²) in [4.78, 5) is 0. The number of aromatic nitrogens is 2. The first-order valence-corrected chi connectivity index (χ1v) is 19.7. The van der Waals surface area contributed by atoms with Gasteiger partial charge in [0, 0.05) is 32.9 Å². The molecule has 0 radical (unpaired) electrons. The Bertz CT molecular complexity index is 2660. The number of nitrogens with zero attached hydrogens (tertiary/aromatic N) is 2. The smallest absolute Gasteiger partial charge is 0.180 e. The molecule has 8 aromatic carbocycles. The molecule has 0 aliphatic carbocycles. The average Bonchev–Trinajstić information content (AvgIpc) is 3.82. The highest BCUT2D eigenvalue weighted by molar-refractivity contribution is 7.22. The molecule has 3 heteroatoms. The molecule has 0 amide bonds. The third-order valence-electron chi connectivity index (χ3n) is 11.2. The van der Waals surface area contributed by atoms with Crippen molar-refractivity contribution in [2.45, 2.75) is 0 Å². The van der Waals surface area contributed by atoms with E-state index in [0.29, 0.717) is 0 Å². The lowest BCUT2D eigenvalue weighted by Gasteiger charge is -2.31. The zero-order valence-corrected chi connectivity index (χ0v) is 28.9. The molecule has 238 valence electrons. The van der Waals surface area contributed by atoms with Crippen LogP contribution < -0.4 is 20.7 Å². The first-order valence-electron chi connectivity index (χ1n) is 17.7. The number of hydrogen-bond acceptors (Lipinski definition) is 0. The van der Waals surface area contributed by atoms with Crippen LogP contribution in [0.25, 0.3) is 66.1 Å². The zero-order chi connectivity index (χ0) is 33.5. The van der Waals surface area contributed by atoms with Gasteiger partial charge in [-0.25, -0.2) is 0 Å². The summed E-state index contributed by atoms with van der Waals surface area (Å²) in [6.45, 7) is 0. The fraction of sp³-hybridized carbons (Fsp3) is 0. The Morgan fingerprint density at radius 1 is 0.294 bits per heavy atom. The van der Waals surface area contributed by atoms with E-state index < -0.39 is 8.07 Å². The van der Waals surface area contributed by atoms with E-state index in [4.69, 9.17) is 0 Å². The molecule has 0 atom stereocenters. The van der Waals surface area contributed by atoms with Crippen LogP contribution in [-0.4, -0.2) is 17.2 Å². The maximum absolute atomic E-state index is 2.67. The molecule has 0 unspecified atom stereocenters. The lowest BCUT2D eigenvalue weighted by molar-refractivity contribution is 1.18. The van der Waals surface area contributed by atoms with Gasteiger partial charge in [0.2, 0.25) is 0 Å². The minimum Gasteiger partial charge on any atom is -0.309 e. The largest absolute Gasteiger partial charge is 0.309 e. The van der Waals surface area contributed by atoms with E-state index in [1.54, 1.807) is 0 Å². The van der Waals surface area contributed by atoms with Crippen LogP contribution in [0.15, 0.2) is 194 Å². The van der Waals surface area contributed by atoms with Crippen molar-refractivity contribution in [2.75, 3.05) is 0 Å². The van der Waals surface area contributed by atoms with Crippen LogP contribution in [0.4, 0.5) is 0 Å². The molecule has 0 saturated heterocycles. The molecule has 2 nitrogen and oxygen atoms in total. The monoisotopic (exact) mass is 664 g/mol. The summed E-state index contributed by atoms with van der Waals surface area (Å²) in [7, 11) is -2.67. The van der Waals surface area contributed by atoms with Gasteiger partial charge in [0.1, 0.15) is 0 Å². The fourth-order valence-electron chi connectivity index (χ4n) is 9.15. The van der Waals surface area contributed by atoms with Crippen LogP contribution in [0.2, 0.25) is 0 Å². The highest BCUT2D eigenvalue weighted by Crippen LogP contribution is 2.38. The third kappa shape index (κ3) is 3.87. The van der Waals surface area contributed by atoms with Gasteiger partial charge in [-0.1, -0.05) is 146 Å². The molecule has 0 N–H and O–H groups in total. The van der Waals surface area contributed by atoms with E-state index >= 15 is 0 Å². The van der Waals surface area contributed by atoms with Crippen molar-refractivity contribution in [1.29, 1.82) is 0 Å². The Balaban J connectivity index is 1.25. The van der Waals surface area contributed by atoms with Gasteiger partial charge >= 0.3 is 0 Å². The number of rotatable bonds is 4. The van der Waals surface area contributed by atoms with E-state index in [0.717, 1.165) is 0 Å². The maximum atomic E-state index is 2.48. The van der Waals surface area contributed by atoms with Crippen molar-refractivity contribution in [1.82, 2.24) is 9.13 Å². The Morgan fingerprint density at radius 3 is 0.961 bits per heavy atom. The summed E-state index contributed by atoms with van der Waals surface area (Å²) in [5, 5.41) is 10.8. The highest BCUT2D eigenvalue weighted by Gasteiger charge is 2.48. The minimum atomic E-state index is -2.67. The van der Waals surface area contributed by atoms with E-state index in [2.05, 4.69) is 203 Å². The normalized spacial score (nSPS) is 13.3. The first kappa shape index (κ1) is 28.4. The van der Waals surface area contributed by atoms with Crippen LogP contribution >= 0.6 is 0 Å². The lowest BCUT2D eigenvalue weighted by atomic mass is 10.0. The van der Waals surface area contributed by atoms with Gasteiger partial charge in [-0.05, 0) is 80.4 Å². The molecule has 11 rings (SSSR count). The summed E-state index contributed by atoms with van der Waals surface area (Å²) in [6.07, 6.45) is 0. The van der Waals surface area contributed by atoms with Crippen LogP contribution in [0.3, 0.4) is 0 Å². The predicted molar refractivity (Wildman–Crippen MR) is 218 cm³/mol. The van der Waals surface area contributed by atoms with Crippen LogP contribution in [0, 0.1) is 0 Å². The molecule has 0 fully saturated rings. The molecule has 2 aromatic heterocycles. The van der Waals surface area contributed by atoms with E-state index in [-0.39, 0.29) is 0 Å². The standard InChI is InChI=1S/C48H32N2Si/c1-3-15-35(16-4-1)51(36-17-5-2-6-18-36)47-29-27-33(49-43-23-11-7-19-37(43)38-20-8-12-24-44(38)49)31-41(47)42-32-34(28-30-48(42)51)50-45-25-13-9-21-39(45)40-22-10-14-26-46(40)50/h1-32H. The van der Waals surface area contributed by atoms with Crippen molar-refractivity contribution in [3.8, 4) is 22.5 Å². The van der Waals surface area contributed by atoms with E-state index in [9.17, 15) is 0 Å². The second-order valence-electron chi connectivity index (χ2n) is 13.7. The van der Waals surface area contributed by atoms with Crippen molar-refractivity contribution in [2.24, 2.45) is 0 Å². The minimum absolute atomic E-state index is 1.19. The summed E-state index contributed by atoms with van der Waals surface area (Å²) < 4.78 is 4.90. The molecule has 10 aromatic rings. The zero-order valence-electron chi connectivity index (χ0n) is 27.9. The summed E-state index contributed by atoms with van der Waals surface area (Å²) in [5.41, 5.74) is 9.93. The van der Waals surface area contributed by atoms with E-state index in [1.807, 2.05) is 0 Å². The molecule has 1 aliphatic heterocycles. The van der Waals surface area contributed by atoms with Crippen molar-refractivity contribution < 1.29 is 0 Å². The third-order valence-corrected chi connectivity index (χ3v) is 16.1. The summed E-state index contributed by atoms with van der Waals surface area (Å²) >= 11 is 0. The molecule has 0 spiro atoms. The summed E-state index contributed by atoms with van der Waals surface area (Å²) in [6, 6.07) is 72.4. The van der Waals surface area contributed by atoms with Crippen LogP contribution in [0.1, 0.15) is 0 Å². The fourth-order valence-corrected chi connectivity index (χ4v) is 14.3. The SMILES string of the molecule is c1ccc([Si]2(c3ccccc3)c3ccc(-n4c5ccccc5c5ccccc54)cc3-c3cc(-n4c5ccccc5c5ccccc54)ccc32)cc1. The van der Waals surface area contributed by atoms with Gasteiger partial charge in [0.15, 0.2) is 8.07 Å². The maximum Gasteiger partial charge on any atom is 0.180 e. The van der Waals surface area contributed by atoms with Gasteiger partial charge in [-0.15, -0.1) is 0 Å². The van der Waals surface area contributed by atoms with E-state index in [1.165, 1.54) is 86.9 Å². The van der Waals surface area contributed by atoms with Crippen molar-refractivity contribution in [3.63, 3.8) is 0 Å². The van der Waals surface area contributed by atoms with Crippen molar-refractivity contribution >= 4 is 72.4 Å². The Hall–Kier alpha value is -6.42. The van der Waals surface area contributed by atoms with Gasteiger partial charge in [-0.3, -0.25) is 0 Å². The van der Waals surface area contributed by atoms with Gasteiger partial charge < -0.3 is 9.13 Å². The Kier molecular flexibility index (Phi) is 6.01. The number of para-hydroxylation sites is 4. The van der Waals surface area contributed by atoms with Crippen LogP contribution in [-0.2, 0) is 0 Å². The average molecular weight is 665 g/mol. The molecular weight excluding hydrogens is 633 g/mol. The quantitative estimate of drug-likeness (QED) is 0.166. The predicted octanol–water partition coefficient (Wildman–Crippen LogP) is 9.24. The number of benzene rings is 8. The molecule has 1 aliphatic rings. The van der Waals surface area contributed by atoms with Crippen LogP contribution in [0.5, 0.6) is 0 Å². The molecule has 0 saturated carbocycles. The molecule has 3 heterocycles. The van der Waals surface area contributed by atoms with Gasteiger partial charge in [0.25, 0.3) is 0 Å². The Morgan fingerprint density at radius 2 is 0.608 bits per heavy atom. The highest BCUT2D eigenvalue weighted by atomic mass is 28.3. The lowest BCUT2D eigenvalue weighted by Crippen LogP contribution is -2.72. The molecule has 51 heavy (non-hydrogen) atoms.